The van der Waals surface area contributed by atoms with Gasteiger partial charge in [-0.25, -0.2) is 9.18 Å². The van der Waals surface area contributed by atoms with E-state index in [0.29, 0.717) is 16.8 Å². The van der Waals surface area contributed by atoms with Crippen LogP contribution in [-0.2, 0) is 9.53 Å². The Morgan fingerprint density at radius 1 is 1.53 bits per heavy atom. The van der Waals surface area contributed by atoms with Crippen LogP contribution >= 0.6 is 15.9 Å². The van der Waals surface area contributed by atoms with Gasteiger partial charge in [0.05, 0.1) is 11.1 Å². The van der Waals surface area contributed by atoms with E-state index >= 15 is 0 Å². The van der Waals surface area contributed by atoms with Gasteiger partial charge in [-0.05, 0) is 41.1 Å². The molecule has 0 bridgehead atoms. The predicted molar refractivity (Wildman–Crippen MR) is 56.2 cm³/mol. The van der Waals surface area contributed by atoms with Crippen molar-refractivity contribution in [2.24, 2.45) is 0 Å². The van der Waals surface area contributed by atoms with Crippen molar-refractivity contribution >= 4 is 21.9 Å². The second kappa shape index (κ2) is 5.70. The monoisotopic (exact) mass is 276 g/mol. The maximum absolute atomic E-state index is 12.8. The first-order valence-corrected chi connectivity index (χ1v) is 5.16. The number of hydrogen-bond donors (Lipinski definition) is 0. The van der Waals surface area contributed by atoms with Crippen molar-refractivity contribution in [1.82, 2.24) is 0 Å². The Balaban J connectivity index is 2.51. The first-order chi connectivity index (χ1) is 7.13. The fourth-order valence-corrected chi connectivity index (χ4v) is 1.27. The lowest BCUT2D eigenvalue weighted by Gasteiger charge is -2.06. The van der Waals surface area contributed by atoms with Gasteiger partial charge in [-0.1, -0.05) is 0 Å². The molecule has 15 heavy (non-hydrogen) atoms. The zero-order chi connectivity index (χ0) is 11.3. The maximum atomic E-state index is 12.8. The SMILES string of the molecule is CCOC(=O)COc1ccc(F)c(Br)c1. The molecule has 1 aromatic carbocycles. The average Bonchev–Trinajstić information content (AvgIpc) is 2.20. The lowest BCUT2D eigenvalue weighted by atomic mass is 10.3. The molecule has 3 nitrogen and oxygen atoms in total. The number of carbonyl (C=O) groups excluding carboxylic acids is 1. The molecule has 82 valence electrons. The Hall–Kier alpha value is -1.10. The summed E-state index contributed by atoms with van der Waals surface area (Å²) in [5, 5.41) is 0. The molecular formula is C10H10BrFO3. The Labute approximate surface area is 95.3 Å². The third kappa shape index (κ3) is 3.87. The van der Waals surface area contributed by atoms with E-state index in [1.165, 1.54) is 18.2 Å². The Morgan fingerprint density at radius 3 is 2.87 bits per heavy atom. The van der Waals surface area contributed by atoms with E-state index < -0.39 is 5.97 Å². The van der Waals surface area contributed by atoms with E-state index in [4.69, 9.17) is 4.74 Å². The van der Waals surface area contributed by atoms with Crippen LogP contribution in [0.5, 0.6) is 5.75 Å². The summed E-state index contributed by atoms with van der Waals surface area (Å²) >= 11 is 3.01. The number of ether oxygens (including phenoxy) is 2. The zero-order valence-corrected chi connectivity index (χ0v) is 9.71. The molecule has 0 saturated carbocycles. The van der Waals surface area contributed by atoms with Gasteiger partial charge in [0.15, 0.2) is 6.61 Å². The van der Waals surface area contributed by atoms with Crippen molar-refractivity contribution in [2.75, 3.05) is 13.2 Å². The molecule has 0 aliphatic heterocycles. The molecule has 0 atom stereocenters. The van der Waals surface area contributed by atoms with Gasteiger partial charge in [-0.15, -0.1) is 0 Å². The molecule has 0 saturated heterocycles. The lowest BCUT2D eigenvalue weighted by molar-refractivity contribution is -0.145. The van der Waals surface area contributed by atoms with Crippen LogP contribution in [0.1, 0.15) is 6.92 Å². The van der Waals surface area contributed by atoms with Gasteiger partial charge in [0, 0.05) is 0 Å². The lowest BCUT2D eigenvalue weighted by Crippen LogP contribution is -2.14. The smallest absolute Gasteiger partial charge is 0.344 e. The average molecular weight is 277 g/mol. The van der Waals surface area contributed by atoms with Crippen molar-refractivity contribution in [2.45, 2.75) is 6.92 Å². The van der Waals surface area contributed by atoms with Crippen LogP contribution in [0.25, 0.3) is 0 Å². The van der Waals surface area contributed by atoms with Crippen molar-refractivity contribution in [1.29, 1.82) is 0 Å². The minimum Gasteiger partial charge on any atom is -0.482 e. The van der Waals surface area contributed by atoms with Crippen LogP contribution in [0, 0.1) is 5.82 Å². The van der Waals surface area contributed by atoms with Gasteiger partial charge in [0.1, 0.15) is 11.6 Å². The van der Waals surface area contributed by atoms with Crippen molar-refractivity contribution in [3.8, 4) is 5.75 Å². The number of halogens is 2. The summed E-state index contributed by atoms with van der Waals surface area (Å²) in [7, 11) is 0. The largest absolute Gasteiger partial charge is 0.482 e. The third-order valence-corrected chi connectivity index (χ3v) is 2.16. The molecule has 5 heteroatoms. The molecular weight excluding hydrogens is 267 g/mol. The molecule has 0 aliphatic carbocycles. The van der Waals surface area contributed by atoms with Crippen LogP contribution in [0.15, 0.2) is 22.7 Å². The summed E-state index contributed by atoms with van der Waals surface area (Å²) in [5.41, 5.74) is 0. The highest BCUT2D eigenvalue weighted by Gasteiger charge is 2.05. The maximum Gasteiger partial charge on any atom is 0.344 e. The summed E-state index contributed by atoms with van der Waals surface area (Å²) in [4.78, 5) is 10.9. The third-order valence-electron chi connectivity index (χ3n) is 1.55. The van der Waals surface area contributed by atoms with Crippen LogP contribution in [-0.4, -0.2) is 19.2 Å². The fourth-order valence-electron chi connectivity index (χ4n) is 0.912. The molecule has 0 aromatic heterocycles. The summed E-state index contributed by atoms with van der Waals surface area (Å²) in [5.74, 6) is -0.409. The molecule has 0 radical (unpaired) electrons. The van der Waals surface area contributed by atoms with E-state index in [0.717, 1.165) is 0 Å². The van der Waals surface area contributed by atoms with Gasteiger partial charge >= 0.3 is 5.97 Å². The van der Waals surface area contributed by atoms with Crippen molar-refractivity contribution < 1.29 is 18.7 Å². The second-order valence-electron chi connectivity index (χ2n) is 2.67. The molecule has 0 spiro atoms. The van der Waals surface area contributed by atoms with Crippen LogP contribution in [0.3, 0.4) is 0 Å². The Bertz CT molecular complexity index is 355. The van der Waals surface area contributed by atoms with Gasteiger partial charge in [0.25, 0.3) is 0 Å². The highest BCUT2D eigenvalue weighted by atomic mass is 79.9. The first-order valence-electron chi connectivity index (χ1n) is 4.37. The van der Waals surface area contributed by atoms with E-state index in [2.05, 4.69) is 20.7 Å². The Morgan fingerprint density at radius 2 is 2.27 bits per heavy atom. The van der Waals surface area contributed by atoms with Gasteiger partial charge < -0.3 is 9.47 Å². The molecule has 0 heterocycles. The van der Waals surface area contributed by atoms with Crippen LogP contribution in [0.4, 0.5) is 4.39 Å². The van der Waals surface area contributed by atoms with E-state index in [1.54, 1.807) is 6.92 Å². The molecule has 1 rings (SSSR count). The normalized spacial score (nSPS) is 9.80. The molecule has 0 N–H and O–H groups in total. The number of benzene rings is 1. The molecule has 1 aromatic rings. The van der Waals surface area contributed by atoms with E-state index in [9.17, 15) is 9.18 Å². The summed E-state index contributed by atoms with van der Waals surface area (Å²) < 4.78 is 22.9. The fraction of sp³-hybridized carbons (Fsp3) is 0.300. The Kier molecular flexibility index (Phi) is 4.55. The van der Waals surface area contributed by atoms with Crippen LogP contribution < -0.4 is 4.74 Å². The minimum atomic E-state index is -0.446. The minimum absolute atomic E-state index is 0.175. The summed E-state index contributed by atoms with van der Waals surface area (Å²) in [6.07, 6.45) is 0. The van der Waals surface area contributed by atoms with Gasteiger partial charge in [-0.3, -0.25) is 0 Å². The number of rotatable bonds is 4. The zero-order valence-electron chi connectivity index (χ0n) is 8.13. The highest BCUT2D eigenvalue weighted by molar-refractivity contribution is 9.10. The standard InChI is InChI=1S/C10H10BrFO3/c1-2-14-10(13)6-15-7-3-4-9(12)8(11)5-7/h3-5H,2,6H2,1H3. The molecule has 0 fully saturated rings. The first kappa shape index (κ1) is 12.0. The second-order valence-corrected chi connectivity index (χ2v) is 3.52. The van der Waals surface area contributed by atoms with Gasteiger partial charge in [-0.2, -0.15) is 0 Å². The predicted octanol–water partition coefficient (Wildman–Crippen LogP) is 2.53. The van der Waals surface area contributed by atoms with E-state index in [-0.39, 0.29) is 12.4 Å². The molecule has 0 aliphatic rings. The van der Waals surface area contributed by atoms with Crippen molar-refractivity contribution in [3.63, 3.8) is 0 Å². The quantitative estimate of drug-likeness (QED) is 0.793. The molecule has 0 unspecified atom stereocenters. The summed E-state index contributed by atoms with van der Waals surface area (Å²) in [6, 6.07) is 4.15. The summed E-state index contributed by atoms with van der Waals surface area (Å²) in [6.45, 7) is 1.85. The van der Waals surface area contributed by atoms with Crippen LogP contribution in [0.2, 0.25) is 0 Å². The number of esters is 1. The number of carbonyl (C=O) groups is 1. The van der Waals surface area contributed by atoms with Gasteiger partial charge in [0.2, 0.25) is 0 Å². The number of hydrogen-bond acceptors (Lipinski definition) is 3. The molecule has 0 amide bonds. The van der Waals surface area contributed by atoms with E-state index in [1.807, 2.05) is 0 Å². The topological polar surface area (TPSA) is 35.5 Å². The highest BCUT2D eigenvalue weighted by Crippen LogP contribution is 2.21. The van der Waals surface area contributed by atoms with Crippen molar-refractivity contribution in [3.05, 3.63) is 28.5 Å².